The molecule has 0 atom stereocenters. The highest BCUT2D eigenvalue weighted by Gasteiger charge is 2.18. The lowest BCUT2D eigenvalue weighted by Crippen LogP contribution is -2.22. The first-order valence-electron chi connectivity index (χ1n) is 5.41. The van der Waals surface area contributed by atoms with Gasteiger partial charge in [0.15, 0.2) is 5.82 Å². The van der Waals surface area contributed by atoms with Crippen LogP contribution in [0.1, 0.15) is 31.5 Å². The third-order valence-electron chi connectivity index (χ3n) is 2.81. The van der Waals surface area contributed by atoms with Crippen molar-refractivity contribution in [2.75, 3.05) is 6.54 Å². The fraction of sp³-hybridized carbons (Fsp3) is 0.700. The summed E-state index contributed by atoms with van der Waals surface area (Å²) < 4.78 is 4.63. The summed E-state index contributed by atoms with van der Waals surface area (Å²) in [6.45, 7) is 0.655. The van der Waals surface area contributed by atoms with Gasteiger partial charge in [-0.25, -0.2) is 0 Å². The molecule has 0 unspecified atom stereocenters. The van der Waals surface area contributed by atoms with Crippen molar-refractivity contribution in [3.63, 3.8) is 0 Å². The molecule has 0 aliphatic heterocycles. The molecule has 1 aliphatic rings. The van der Waals surface area contributed by atoms with Crippen molar-refractivity contribution in [3.8, 4) is 0 Å². The first kappa shape index (κ1) is 10.1. The van der Waals surface area contributed by atoms with Crippen LogP contribution < -0.4 is 5.73 Å². The van der Waals surface area contributed by atoms with Gasteiger partial charge < -0.3 is 10.3 Å². The Labute approximate surface area is 88.8 Å². The van der Waals surface area contributed by atoms with E-state index in [9.17, 15) is 0 Å². The fourth-order valence-corrected chi connectivity index (χ4v) is 1.94. The molecule has 1 aliphatic carbocycles. The van der Waals surface area contributed by atoms with E-state index in [2.05, 4.69) is 19.7 Å². The molecule has 82 valence electrons. The minimum atomic E-state index is 0.510. The van der Waals surface area contributed by atoms with Crippen molar-refractivity contribution in [2.24, 2.45) is 16.6 Å². The van der Waals surface area contributed by atoms with Gasteiger partial charge >= 0.3 is 0 Å². The second-order valence-electron chi connectivity index (χ2n) is 3.89. The zero-order chi connectivity index (χ0) is 10.5. The van der Waals surface area contributed by atoms with Crippen LogP contribution in [0, 0.1) is 5.92 Å². The largest absolute Gasteiger partial charge is 0.387 e. The lowest BCUT2D eigenvalue weighted by atomic mass is 10.1. The van der Waals surface area contributed by atoms with Crippen molar-refractivity contribution in [2.45, 2.75) is 32.1 Å². The third kappa shape index (κ3) is 2.78. The molecule has 1 aromatic rings. The monoisotopic (exact) mass is 208 g/mol. The molecule has 2 rings (SSSR count). The second kappa shape index (κ2) is 4.91. The standard InChI is InChI=1S/C10H16N4O/c11-10(8-3-1-2-4-8)12-6-5-9-13-7-15-14-9/h7-8H,1-6H2,(H2,11,12). The van der Waals surface area contributed by atoms with Crippen LogP contribution in [0.2, 0.25) is 0 Å². The van der Waals surface area contributed by atoms with Crippen molar-refractivity contribution in [1.82, 2.24) is 10.1 Å². The summed E-state index contributed by atoms with van der Waals surface area (Å²) in [6, 6.07) is 0. The quantitative estimate of drug-likeness (QED) is 0.595. The molecule has 0 bridgehead atoms. The van der Waals surface area contributed by atoms with E-state index >= 15 is 0 Å². The third-order valence-corrected chi connectivity index (χ3v) is 2.81. The fourth-order valence-electron chi connectivity index (χ4n) is 1.94. The molecule has 1 heterocycles. The van der Waals surface area contributed by atoms with E-state index in [-0.39, 0.29) is 0 Å². The summed E-state index contributed by atoms with van der Waals surface area (Å²) in [6.07, 6.45) is 6.98. The molecule has 0 saturated heterocycles. The highest BCUT2D eigenvalue weighted by molar-refractivity contribution is 5.83. The number of hydrogen-bond acceptors (Lipinski definition) is 4. The highest BCUT2D eigenvalue weighted by atomic mass is 16.5. The van der Waals surface area contributed by atoms with Gasteiger partial charge in [-0.15, -0.1) is 0 Å². The van der Waals surface area contributed by atoms with Crippen LogP contribution >= 0.6 is 0 Å². The summed E-state index contributed by atoms with van der Waals surface area (Å²) in [5.74, 6) is 2.00. The second-order valence-corrected chi connectivity index (χ2v) is 3.89. The van der Waals surface area contributed by atoms with Crippen molar-refractivity contribution < 1.29 is 4.52 Å². The minimum Gasteiger partial charge on any atom is -0.387 e. The van der Waals surface area contributed by atoms with Gasteiger partial charge in [0.2, 0.25) is 6.39 Å². The van der Waals surface area contributed by atoms with Gasteiger partial charge in [-0.3, -0.25) is 4.99 Å². The molecular weight excluding hydrogens is 192 g/mol. The zero-order valence-corrected chi connectivity index (χ0v) is 8.72. The van der Waals surface area contributed by atoms with Crippen LogP contribution in [0.5, 0.6) is 0 Å². The number of nitrogens with two attached hydrogens (primary N) is 1. The summed E-state index contributed by atoms with van der Waals surface area (Å²) >= 11 is 0. The first-order chi connectivity index (χ1) is 7.36. The number of hydrogen-bond donors (Lipinski definition) is 1. The van der Waals surface area contributed by atoms with Gasteiger partial charge in [-0.1, -0.05) is 18.0 Å². The predicted molar refractivity (Wildman–Crippen MR) is 56.4 cm³/mol. The summed E-state index contributed by atoms with van der Waals surface area (Å²) in [5.41, 5.74) is 5.90. The SMILES string of the molecule is NC(=NCCc1ncon1)C1CCCC1. The average Bonchev–Trinajstić information content (AvgIpc) is 2.90. The van der Waals surface area contributed by atoms with E-state index in [0.29, 0.717) is 24.7 Å². The highest BCUT2D eigenvalue weighted by Crippen LogP contribution is 2.24. The maximum absolute atomic E-state index is 5.90. The summed E-state index contributed by atoms with van der Waals surface area (Å²) in [7, 11) is 0. The molecular formula is C10H16N4O. The van der Waals surface area contributed by atoms with E-state index in [1.807, 2.05) is 0 Å². The number of amidine groups is 1. The van der Waals surface area contributed by atoms with Crippen LogP contribution in [0.15, 0.2) is 15.9 Å². The van der Waals surface area contributed by atoms with Crippen LogP contribution in [-0.4, -0.2) is 22.5 Å². The Hall–Kier alpha value is -1.39. The van der Waals surface area contributed by atoms with Crippen molar-refractivity contribution in [1.29, 1.82) is 0 Å². The molecule has 0 amide bonds. The summed E-state index contributed by atoms with van der Waals surface area (Å²) in [5, 5.41) is 3.71. The maximum Gasteiger partial charge on any atom is 0.213 e. The molecule has 1 saturated carbocycles. The molecule has 0 radical (unpaired) electrons. The van der Waals surface area contributed by atoms with Gasteiger partial charge in [0, 0.05) is 18.9 Å². The first-order valence-corrected chi connectivity index (χ1v) is 5.41. The topological polar surface area (TPSA) is 77.3 Å². The van der Waals surface area contributed by atoms with Gasteiger partial charge in [-0.05, 0) is 12.8 Å². The maximum atomic E-state index is 5.90. The average molecular weight is 208 g/mol. The molecule has 5 heteroatoms. The van der Waals surface area contributed by atoms with Gasteiger partial charge in [0.25, 0.3) is 0 Å². The summed E-state index contributed by atoms with van der Waals surface area (Å²) in [4.78, 5) is 8.28. The van der Waals surface area contributed by atoms with Crippen LogP contribution in [0.3, 0.4) is 0 Å². The smallest absolute Gasteiger partial charge is 0.213 e. The van der Waals surface area contributed by atoms with Crippen LogP contribution in [0.25, 0.3) is 0 Å². The molecule has 0 spiro atoms. The van der Waals surface area contributed by atoms with E-state index in [4.69, 9.17) is 5.73 Å². The normalized spacial score (nSPS) is 18.5. The van der Waals surface area contributed by atoms with Gasteiger partial charge in [-0.2, -0.15) is 4.98 Å². The lowest BCUT2D eigenvalue weighted by molar-refractivity contribution is 0.410. The minimum absolute atomic E-state index is 0.510. The number of rotatable bonds is 4. The molecule has 5 nitrogen and oxygen atoms in total. The number of nitrogens with zero attached hydrogens (tertiary/aromatic N) is 3. The molecule has 1 aromatic heterocycles. The Bertz CT molecular complexity index is 314. The zero-order valence-electron chi connectivity index (χ0n) is 8.72. The van der Waals surface area contributed by atoms with Crippen molar-refractivity contribution >= 4 is 5.84 Å². The Morgan fingerprint density at radius 3 is 3.00 bits per heavy atom. The number of aromatic nitrogens is 2. The Kier molecular flexibility index (Phi) is 3.32. The number of aliphatic imine (C=N–C) groups is 1. The van der Waals surface area contributed by atoms with E-state index in [0.717, 1.165) is 5.84 Å². The Morgan fingerprint density at radius 2 is 2.33 bits per heavy atom. The Morgan fingerprint density at radius 1 is 1.53 bits per heavy atom. The van der Waals surface area contributed by atoms with Gasteiger partial charge in [0.1, 0.15) is 0 Å². The lowest BCUT2D eigenvalue weighted by Gasteiger charge is -2.07. The van der Waals surface area contributed by atoms with E-state index in [1.165, 1.54) is 32.1 Å². The Balaban J connectivity index is 1.78. The van der Waals surface area contributed by atoms with Crippen molar-refractivity contribution in [3.05, 3.63) is 12.2 Å². The molecule has 2 N–H and O–H groups in total. The van der Waals surface area contributed by atoms with E-state index < -0.39 is 0 Å². The predicted octanol–water partition coefficient (Wildman–Crippen LogP) is 1.16. The van der Waals surface area contributed by atoms with Crippen LogP contribution in [0.4, 0.5) is 0 Å². The van der Waals surface area contributed by atoms with Crippen LogP contribution in [-0.2, 0) is 6.42 Å². The van der Waals surface area contributed by atoms with Gasteiger partial charge in [0.05, 0.1) is 5.84 Å². The molecule has 0 aromatic carbocycles. The molecule has 15 heavy (non-hydrogen) atoms. The van der Waals surface area contributed by atoms with E-state index in [1.54, 1.807) is 0 Å². The molecule has 1 fully saturated rings.